The fourth-order valence-corrected chi connectivity index (χ4v) is 3.60. The monoisotopic (exact) mass is 455 g/mol. The van der Waals surface area contributed by atoms with Crippen molar-refractivity contribution in [3.63, 3.8) is 0 Å². The summed E-state index contributed by atoms with van der Waals surface area (Å²) in [6.45, 7) is 7.43. The highest BCUT2D eigenvalue weighted by Crippen LogP contribution is 2.24. The van der Waals surface area contributed by atoms with E-state index in [4.69, 9.17) is 4.74 Å². The van der Waals surface area contributed by atoms with E-state index >= 15 is 0 Å². The minimum absolute atomic E-state index is 0.000560. The predicted molar refractivity (Wildman–Crippen MR) is 120 cm³/mol. The van der Waals surface area contributed by atoms with Crippen molar-refractivity contribution < 1.29 is 17.9 Å². The van der Waals surface area contributed by atoms with Gasteiger partial charge in [-0.25, -0.2) is 18.4 Å². The van der Waals surface area contributed by atoms with Gasteiger partial charge in [0.15, 0.2) is 5.69 Å². The molecular formula is C22H25N5O4S. The molecule has 0 radical (unpaired) electrons. The number of amides is 1. The van der Waals surface area contributed by atoms with Gasteiger partial charge in [0.2, 0.25) is 5.82 Å². The number of pyridine rings is 1. The number of aryl methyl sites for hydroxylation is 1. The molecule has 0 aliphatic carbocycles. The first-order valence-corrected chi connectivity index (χ1v) is 11.3. The van der Waals surface area contributed by atoms with E-state index in [1.807, 2.05) is 27.7 Å². The number of carbonyl (C=O) groups is 1. The van der Waals surface area contributed by atoms with Crippen molar-refractivity contribution >= 4 is 21.7 Å². The summed E-state index contributed by atoms with van der Waals surface area (Å²) in [5.41, 5.74) is 1.19. The van der Waals surface area contributed by atoms with Gasteiger partial charge in [-0.1, -0.05) is 23.8 Å². The van der Waals surface area contributed by atoms with Crippen LogP contribution in [0.2, 0.25) is 0 Å². The third kappa shape index (κ3) is 6.24. The molecule has 0 unspecified atom stereocenters. The zero-order valence-electron chi connectivity index (χ0n) is 18.3. The number of ether oxygens (including phenoxy) is 1. The number of nitrogens with zero attached hydrogens (tertiary/aromatic N) is 3. The maximum atomic E-state index is 12.8. The van der Waals surface area contributed by atoms with Crippen LogP contribution in [-0.4, -0.2) is 34.8 Å². The van der Waals surface area contributed by atoms with Crippen molar-refractivity contribution in [2.75, 3.05) is 4.72 Å². The standard InChI is InChI=1S/C22H25N5O4S/c1-15-7-9-17(10-8-15)32(29,30)27-19-21(31-14-16-6-5-11-23-12-16)25-18(13-24-19)20(28)26-22(2,3)4/h5-13H,14H2,1-4H3,(H,24,27)(H,26,28). The third-order valence-electron chi connectivity index (χ3n) is 4.12. The Morgan fingerprint density at radius 3 is 2.44 bits per heavy atom. The molecule has 2 aromatic heterocycles. The van der Waals surface area contributed by atoms with Gasteiger partial charge >= 0.3 is 0 Å². The third-order valence-corrected chi connectivity index (χ3v) is 5.48. The SMILES string of the molecule is Cc1ccc(S(=O)(=O)Nc2ncc(C(=O)NC(C)(C)C)nc2OCc2cccnc2)cc1. The summed E-state index contributed by atoms with van der Waals surface area (Å²) in [5.74, 6) is -0.697. The number of hydrogen-bond donors (Lipinski definition) is 2. The van der Waals surface area contributed by atoms with Crippen LogP contribution in [0.3, 0.4) is 0 Å². The second-order valence-corrected chi connectivity index (χ2v) is 9.86. The second kappa shape index (κ2) is 9.31. The number of hydrogen-bond acceptors (Lipinski definition) is 7. The molecule has 0 spiro atoms. The Bertz CT molecular complexity index is 1190. The van der Waals surface area contributed by atoms with Gasteiger partial charge in [-0.3, -0.25) is 14.5 Å². The molecule has 0 aliphatic rings. The maximum Gasteiger partial charge on any atom is 0.272 e. The van der Waals surface area contributed by atoms with Gasteiger partial charge in [-0.15, -0.1) is 0 Å². The van der Waals surface area contributed by atoms with E-state index in [0.717, 1.165) is 11.1 Å². The molecule has 168 valence electrons. The average molecular weight is 456 g/mol. The second-order valence-electron chi connectivity index (χ2n) is 8.18. The van der Waals surface area contributed by atoms with Crippen LogP contribution in [0.15, 0.2) is 59.9 Å². The summed E-state index contributed by atoms with van der Waals surface area (Å²) in [5, 5.41) is 2.79. The van der Waals surface area contributed by atoms with Gasteiger partial charge in [0.1, 0.15) is 6.61 Å². The highest BCUT2D eigenvalue weighted by Gasteiger charge is 2.22. The fourth-order valence-electron chi connectivity index (χ4n) is 2.60. The normalized spacial score (nSPS) is 11.6. The molecule has 1 aromatic carbocycles. The molecule has 10 heteroatoms. The Morgan fingerprint density at radius 2 is 1.81 bits per heavy atom. The molecule has 1 amide bonds. The van der Waals surface area contributed by atoms with Crippen LogP contribution in [0.25, 0.3) is 0 Å². The van der Waals surface area contributed by atoms with Gasteiger partial charge < -0.3 is 10.1 Å². The summed E-state index contributed by atoms with van der Waals surface area (Å²) in [6.07, 6.45) is 4.44. The van der Waals surface area contributed by atoms with E-state index in [0.29, 0.717) is 0 Å². The summed E-state index contributed by atoms with van der Waals surface area (Å²) in [7, 11) is -3.94. The van der Waals surface area contributed by atoms with E-state index < -0.39 is 21.5 Å². The summed E-state index contributed by atoms with van der Waals surface area (Å²) in [4.78, 5) is 24.9. The molecule has 3 aromatic rings. The van der Waals surface area contributed by atoms with E-state index in [1.54, 1.807) is 36.7 Å². The van der Waals surface area contributed by atoms with E-state index in [2.05, 4.69) is 25.0 Å². The van der Waals surface area contributed by atoms with Crippen molar-refractivity contribution in [3.8, 4) is 5.88 Å². The number of carbonyl (C=O) groups excluding carboxylic acids is 1. The first-order chi connectivity index (χ1) is 15.0. The molecule has 2 heterocycles. The molecule has 9 nitrogen and oxygen atoms in total. The predicted octanol–water partition coefficient (Wildman–Crippen LogP) is 3.09. The van der Waals surface area contributed by atoms with Crippen LogP contribution in [0.5, 0.6) is 5.88 Å². The summed E-state index contributed by atoms with van der Waals surface area (Å²) < 4.78 is 33.8. The number of sulfonamides is 1. The van der Waals surface area contributed by atoms with E-state index in [1.165, 1.54) is 18.3 Å². The van der Waals surface area contributed by atoms with Crippen LogP contribution in [-0.2, 0) is 16.6 Å². The summed E-state index contributed by atoms with van der Waals surface area (Å²) in [6, 6.07) is 9.92. The number of anilines is 1. The van der Waals surface area contributed by atoms with Crippen LogP contribution in [0, 0.1) is 6.92 Å². The van der Waals surface area contributed by atoms with Gasteiger partial charge in [0, 0.05) is 23.5 Å². The minimum Gasteiger partial charge on any atom is -0.470 e. The molecule has 2 N–H and O–H groups in total. The largest absolute Gasteiger partial charge is 0.470 e. The van der Waals surface area contributed by atoms with Gasteiger partial charge in [0.25, 0.3) is 21.8 Å². The van der Waals surface area contributed by atoms with Gasteiger partial charge in [-0.05, 0) is 45.9 Å². The molecular weight excluding hydrogens is 430 g/mol. The molecule has 0 atom stereocenters. The van der Waals surface area contributed by atoms with Crippen LogP contribution in [0.1, 0.15) is 42.4 Å². The number of rotatable bonds is 7. The van der Waals surface area contributed by atoms with Crippen LogP contribution >= 0.6 is 0 Å². The van der Waals surface area contributed by atoms with Gasteiger partial charge in [-0.2, -0.15) is 0 Å². The fraction of sp³-hybridized carbons (Fsp3) is 0.273. The minimum atomic E-state index is -3.94. The molecule has 0 bridgehead atoms. The number of aromatic nitrogens is 3. The Labute approximate surface area is 187 Å². The Kier molecular flexibility index (Phi) is 6.73. The zero-order valence-corrected chi connectivity index (χ0v) is 19.1. The Morgan fingerprint density at radius 1 is 1.09 bits per heavy atom. The van der Waals surface area contributed by atoms with Gasteiger partial charge in [0.05, 0.1) is 11.1 Å². The lowest BCUT2D eigenvalue weighted by Gasteiger charge is -2.20. The quantitative estimate of drug-likeness (QED) is 0.561. The lowest BCUT2D eigenvalue weighted by atomic mass is 10.1. The van der Waals surface area contributed by atoms with Crippen molar-refractivity contribution in [1.82, 2.24) is 20.3 Å². The lowest BCUT2D eigenvalue weighted by molar-refractivity contribution is 0.0912. The number of benzene rings is 1. The van der Waals surface area contributed by atoms with E-state index in [9.17, 15) is 13.2 Å². The topological polar surface area (TPSA) is 123 Å². The maximum absolute atomic E-state index is 12.8. The Hall–Kier alpha value is -3.53. The molecule has 0 saturated heterocycles. The Balaban J connectivity index is 1.92. The van der Waals surface area contributed by atoms with Crippen LogP contribution < -0.4 is 14.8 Å². The molecule has 3 rings (SSSR count). The van der Waals surface area contributed by atoms with Crippen molar-refractivity contribution in [3.05, 3.63) is 71.8 Å². The first-order valence-electron chi connectivity index (χ1n) is 9.84. The van der Waals surface area contributed by atoms with Crippen LogP contribution in [0.4, 0.5) is 5.82 Å². The highest BCUT2D eigenvalue weighted by molar-refractivity contribution is 7.92. The summed E-state index contributed by atoms with van der Waals surface area (Å²) >= 11 is 0. The molecule has 0 fully saturated rings. The smallest absolute Gasteiger partial charge is 0.272 e. The number of nitrogens with one attached hydrogen (secondary N) is 2. The van der Waals surface area contributed by atoms with Crippen molar-refractivity contribution in [2.24, 2.45) is 0 Å². The molecule has 32 heavy (non-hydrogen) atoms. The lowest BCUT2D eigenvalue weighted by Crippen LogP contribution is -2.41. The molecule has 0 saturated carbocycles. The van der Waals surface area contributed by atoms with Crippen molar-refractivity contribution in [1.29, 1.82) is 0 Å². The van der Waals surface area contributed by atoms with E-state index in [-0.39, 0.29) is 28.9 Å². The zero-order chi connectivity index (χ0) is 23.4. The highest BCUT2D eigenvalue weighted by atomic mass is 32.2. The molecule has 0 aliphatic heterocycles. The van der Waals surface area contributed by atoms with Crippen molar-refractivity contribution in [2.45, 2.75) is 44.7 Å². The average Bonchev–Trinajstić information content (AvgIpc) is 2.72. The first kappa shape index (κ1) is 23.1.